The molecule has 1 aromatic heterocycles. The average Bonchev–Trinajstić information content (AvgIpc) is 3.21. The maximum Gasteiger partial charge on any atom is 0.340 e. The Labute approximate surface area is 226 Å². The van der Waals surface area contributed by atoms with Gasteiger partial charge in [0.15, 0.2) is 0 Å². The van der Waals surface area contributed by atoms with Gasteiger partial charge in [0.05, 0.1) is 17.9 Å². The van der Waals surface area contributed by atoms with Gasteiger partial charge in [0.2, 0.25) is 0 Å². The first-order valence-corrected chi connectivity index (χ1v) is 14.4. The van der Waals surface area contributed by atoms with Crippen LogP contribution in [0.3, 0.4) is 0 Å². The van der Waals surface area contributed by atoms with Crippen molar-refractivity contribution >= 4 is 11.9 Å². The molecule has 38 heavy (non-hydrogen) atoms. The van der Waals surface area contributed by atoms with Gasteiger partial charge in [-0.15, -0.1) is 0 Å². The molecule has 1 aromatic carbocycles. The Morgan fingerprint density at radius 1 is 1.03 bits per heavy atom. The van der Waals surface area contributed by atoms with Crippen molar-refractivity contribution in [1.29, 1.82) is 0 Å². The van der Waals surface area contributed by atoms with Gasteiger partial charge in [-0.3, -0.25) is 9.78 Å². The third kappa shape index (κ3) is 3.84. The third-order valence-electron chi connectivity index (χ3n) is 10.5. The molecule has 200 valence electrons. The smallest absolute Gasteiger partial charge is 0.340 e. The monoisotopic (exact) mass is 513 g/mol. The van der Waals surface area contributed by atoms with Gasteiger partial charge in [-0.25, -0.2) is 4.79 Å². The zero-order valence-corrected chi connectivity index (χ0v) is 23.1. The van der Waals surface area contributed by atoms with E-state index in [-0.39, 0.29) is 28.9 Å². The second-order valence-electron chi connectivity index (χ2n) is 12.4. The summed E-state index contributed by atoms with van der Waals surface area (Å²) in [6.45, 7) is 8.60. The van der Waals surface area contributed by atoms with E-state index in [9.17, 15) is 9.59 Å². The molecule has 0 aliphatic heterocycles. The van der Waals surface area contributed by atoms with Crippen LogP contribution in [0.25, 0.3) is 11.3 Å². The first kappa shape index (κ1) is 25.3. The van der Waals surface area contributed by atoms with E-state index in [1.165, 1.54) is 23.6 Å². The van der Waals surface area contributed by atoms with Gasteiger partial charge in [-0.05, 0) is 85.2 Å². The van der Waals surface area contributed by atoms with Crippen molar-refractivity contribution in [1.82, 2.24) is 4.98 Å². The van der Waals surface area contributed by atoms with Crippen LogP contribution < -0.4 is 0 Å². The van der Waals surface area contributed by atoms with E-state index < -0.39 is 0 Å². The summed E-state index contributed by atoms with van der Waals surface area (Å²) >= 11 is 0. The highest BCUT2D eigenvalue weighted by Gasteiger charge is 2.58. The minimum absolute atomic E-state index is 0.0163. The van der Waals surface area contributed by atoms with Crippen molar-refractivity contribution in [3.05, 3.63) is 64.9 Å². The zero-order chi connectivity index (χ0) is 26.7. The van der Waals surface area contributed by atoms with Gasteiger partial charge >= 0.3 is 11.9 Å². The van der Waals surface area contributed by atoms with E-state index in [0.717, 1.165) is 56.2 Å². The number of aromatic nitrogens is 1. The Balaban J connectivity index is 1.39. The van der Waals surface area contributed by atoms with Crippen molar-refractivity contribution in [2.75, 3.05) is 6.61 Å². The number of hydrogen-bond acceptors (Lipinski definition) is 5. The van der Waals surface area contributed by atoms with Crippen LogP contribution in [0.5, 0.6) is 0 Å². The van der Waals surface area contributed by atoms with Gasteiger partial charge in [0.1, 0.15) is 6.10 Å². The van der Waals surface area contributed by atoms with Crippen molar-refractivity contribution in [2.24, 2.45) is 23.2 Å². The van der Waals surface area contributed by atoms with Crippen LogP contribution in [0.4, 0.5) is 0 Å². The fourth-order valence-electron chi connectivity index (χ4n) is 8.78. The first-order valence-electron chi connectivity index (χ1n) is 14.4. The molecule has 0 N–H and O–H groups in total. The lowest BCUT2D eigenvalue weighted by molar-refractivity contribution is -0.148. The number of fused-ring (bicyclic) bond motifs is 7. The summed E-state index contributed by atoms with van der Waals surface area (Å²) in [6.07, 6.45) is 11.7. The Bertz CT molecular complexity index is 1300. The van der Waals surface area contributed by atoms with Crippen LogP contribution in [0.1, 0.15) is 87.7 Å². The predicted molar refractivity (Wildman–Crippen MR) is 147 cm³/mol. The topological polar surface area (TPSA) is 65.5 Å². The molecule has 0 radical (unpaired) electrons. The number of esters is 2. The first-order chi connectivity index (χ1) is 18.3. The maximum absolute atomic E-state index is 13.5. The van der Waals surface area contributed by atoms with E-state index >= 15 is 0 Å². The summed E-state index contributed by atoms with van der Waals surface area (Å²) in [4.78, 5) is 30.0. The Morgan fingerprint density at radius 2 is 1.79 bits per heavy atom. The van der Waals surface area contributed by atoms with E-state index in [0.29, 0.717) is 29.9 Å². The zero-order valence-electron chi connectivity index (χ0n) is 23.1. The summed E-state index contributed by atoms with van der Waals surface area (Å²) in [7, 11) is 0. The molecule has 2 aromatic rings. The standard InChI is InChI=1S/C33H39NO4/c1-5-37-31(36)28-29-22(19-34-30(28)21-9-7-6-8-10-21)17-27-25-12-11-23-18-24(38-20(2)35)13-15-32(23,3)26(25)14-16-33(27,29)4/h6-11,19,24-27H,5,12-18H2,1-4H3/t24-,25-,26-,27-,32-,33-/m0/s1. The average molecular weight is 514 g/mol. The van der Waals surface area contributed by atoms with E-state index in [2.05, 4.69) is 19.9 Å². The number of carbonyl (C=O) groups excluding carboxylic acids is 2. The fraction of sp³-hybridized carbons (Fsp3) is 0.545. The largest absolute Gasteiger partial charge is 0.462 e. The summed E-state index contributed by atoms with van der Waals surface area (Å²) in [5.41, 5.74) is 6.37. The summed E-state index contributed by atoms with van der Waals surface area (Å²) < 4.78 is 11.3. The highest BCUT2D eigenvalue weighted by atomic mass is 16.5. The fourth-order valence-corrected chi connectivity index (χ4v) is 8.78. The molecule has 0 amide bonds. The Kier molecular flexibility index (Phi) is 6.24. The minimum atomic E-state index is -0.249. The van der Waals surface area contributed by atoms with Crippen molar-refractivity contribution < 1.29 is 19.1 Å². The van der Waals surface area contributed by atoms with Crippen LogP contribution in [0.2, 0.25) is 0 Å². The van der Waals surface area contributed by atoms with Crippen LogP contribution >= 0.6 is 0 Å². The Hall–Kier alpha value is -2.95. The quantitative estimate of drug-likeness (QED) is 0.331. The number of allylic oxidation sites excluding steroid dienone is 1. The summed E-state index contributed by atoms with van der Waals surface area (Å²) in [5.74, 6) is 1.22. The molecule has 0 saturated heterocycles. The number of benzene rings is 1. The van der Waals surface area contributed by atoms with Crippen molar-refractivity contribution in [3.8, 4) is 11.3 Å². The lowest BCUT2D eigenvalue weighted by Gasteiger charge is -2.57. The number of pyridine rings is 1. The maximum atomic E-state index is 13.5. The molecule has 5 heteroatoms. The second kappa shape index (κ2) is 9.36. The second-order valence-corrected chi connectivity index (χ2v) is 12.4. The lowest BCUT2D eigenvalue weighted by Crippen LogP contribution is -2.51. The van der Waals surface area contributed by atoms with Crippen molar-refractivity contribution in [3.63, 3.8) is 0 Å². The molecule has 4 aliphatic carbocycles. The van der Waals surface area contributed by atoms with E-state index in [1.807, 2.05) is 43.5 Å². The molecule has 1 heterocycles. The molecule has 4 aliphatic rings. The molecule has 6 atom stereocenters. The number of ether oxygens (including phenoxy) is 2. The summed E-state index contributed by atoms with van der Waals surface area (Å²) in [6, 6.07) is 10.0. The molecule has 0 spiro atoms. The third-order valence-corrected chi connectivity index (χ3v) is 10.5. The SMILES string of the molecule is CCOC(=O)c1c(-c2ccccc2)ncc2c1[C@@]1(C)CC[C@H]3[C@H](CC=C4C[C@@H](OC(C)=O)CC[C@@]43C)[C@@H]1C2. The minimum Gasteiger partial charge on any atom is -0.462 e. The molecule has 6 rings (SSSR count). The molecular formula is C33H39NO4. The molecule has 2 saturated carbocycles. The van der Waals surface area contributed by atoms with Crippen LogP contribution in [-0.2, 0) is 26.1 Å². The molecule has 5 nitrogen and oxygen atoms in total. The van der Waals surface area contributed by atoms with Crippen LogP contribution in [0, 0.1) is 23.2 Å². The van der Waals surface area contributed by atoms with Gasteiger partial charge in [0, 0.05) is 25.1 Å². The number of hydrogen-bond donors (Lipinski definition) is 0. The van der Waals surface area contributed by atoms with E-state index in [4.69, 9.17) is 14.5 Å². The van der Waals surface area contributed by atoms with Gasteiger partial charge < -0.3 is 9.47 Å². The highest BCUT2D eigenvalue weighted by molar-refractivity contribution is 5.99. The molecule has 2 fully saturated rings. The molecular weight excluding hydrogens is 474 g/mol. The number of carbonyl (C=O) groups is 2. The van der Waals surface area contributed by atoms with Gasteiger partial charge in [-0.1, -0.05) is 55.8 Å². The van der Waals surface area contributed by atoms with Gasteiger partial charge in [0.25, 0.3) is 0 Å². The van der Waals surface area contributed by atoms with E-state index in [1.54, 1.807) is 0 Å². The summed E-state index contributed by atoms with van der Waals surface area (Å²) in [5, 5.41) is 0. The lowest BCUT2D eigenvalue weighted by atomic mass is 9.47. The molecule has 0 unspecified atom stereocenters. The van der Waals surface area contributed by atoms with Gasteiger partial charge in [-0.2, -0.15) is 0 Å². The highest BCUT2D eigenvalue weighted by Crippen LogP contribution is 2.65. The predicted octanol–water partition coefficient (Wildman–Crippen LogP) is 6.83. The molecule has 0 bridgehead atoms. The van der Waals surface area contributed by atoms with Crippen LogP contribution in [0.15, 0.2) is 48.2 Å². The normalized spacial score (nSPS) is 33.2. The number of nitrogens with zero attached hydrogens (tertiary/aromatic N) is 1. The van der Waals surface area contributed by atoms with Crippen LogP contribution in [-0.4, -0.2) is 29.6 Å². The number of rotatable bonds is 4. The van der Waals surface area contributed by atoms with Crippen molar-refractivity contribution in [2.45, 2.75) is 84.2 Å². The Morgan fingerprint density at radius 3 is 2.53 bits per heavy atom.